The van der Waals surface area contributed by atoms with E-state index < -0.39 is 53.9 Å². The molecule has 0 radical (unpaired) electrons. The second kappa shape index (κ2) is 38.0. The predicted octanol–water partition coefficient (Wildman–Crippen LogP) is 14.8. The third-order valence-electron chi connectivity index (χ3n) is 19.9. The van der Waals surface area contributed by atoms with Gasteiger partial charge in [-0.3, -0.25) is 9.80 Å². The first-order chi connectivity index (χ1) is 54.5. The number of alkyl halides is 3. The van der Waals surface area contributed by atoms with Crippen molar-refractivity contribution < 1.29 is 65.5 Å². The Morgan fingerprint density at radius 2 is 0.956 bits per heavy atom. The number of ether oxygens (including phenoxy) is 6. The highest BCUT2D eigenvalue weighted by molar-refractivity contribution is 7.98. The summed E-state index contributed by atoms with van der Waals surface area (Å²) in [6, 6.07) is 37.8. The number of aliphatic hydroxyl groups excluding tert-OH is 1. The summed E-state index contributed by atoms with van der Waals surface area (Å²) in [5.41, 5.74) is 6.93. The molecule has 8 aromatic rings. The molecule has 9 heterocycles. The van der Waals surface area contributed by atoms with Crippen LogP contribution in [0.25, 0.3) is 9.69 Å². The van der Waals surface area contributed by atoms with Gasteiger partial charge in [0.1, 0.15) is 54.2 Å². The Morgan fingerprint density at radius 3 is 1.41 bits per heavy atom. The predicted molar refractivity (Wildman–Crippen MR) is 422 cm³/mol. The number of thioether (sulfide) groups is 3. The Bertz CT molecular complexity index is 4540. The molecule has 113 heavy (non-hydrogen) atoms. The molecule has 32 heteroatoms. The van der Waals surface area contributed by atoms with Crippen molar-refractivity contribution >= 4 is 82.6 Å². The lowest BCUT2D eigenvalue weighted by Gasteiger charge is -2.42. The van der Waals surface area contributed by atoms with Gasteiger partial charge in [-0.1, -0.05) is 162 Å². The average Bonchev–Trinajstić information content (AvgIpc) is 0.780. The maximum absolute atomic E-state index is 14.4. The molecule has 3 unspecified atom stereocenters. The fraction of sp³-hybridized carbons (Fsp3) is 0.420. The van der Waals surface area contributed by atoms with Crippen molar-refractivity contribution in [3.8, 4) is 0 Å². The molecule has 0 spiro atoms. The molecule has 5 aromatic carbocycles. The minimum Gasteiger partial charge on any atom is -0.445 e. The monoisotopic (exact) mass is 1620 g/mol. The molecule has 3 saturated heterocycles. The molecule has 0 saturated carbocycles. The summed E-state index contributed by atoms with van der Waals surface area (Å²) < 4.78 is 90.3. The Hall–Kier alpha value is -9.57. The SMILES string of the molecule is CSc1nc2c(c(N3CCN(C(=O)OC(C)(C)C)C[C@@H]3CO)n1)COC(c1ccccc1C(F)(F)F)C2.[C-]#[N+]C[C@H]1CN(c2nc(SC)nc3c2COC(c2ccccc2Cl)C3)CCN1C(=O)OCc1ccccc1.[C-]#[N+]C[C@H]1CN(c2nc(SC)nc3c2COC(c2ccccc2F)C3)CCN1C(=O)OCc1ccccc1. The Labute approximate surface area is 671 Å². The zero-order chi connectivity index (χ0) is 79.9. The number of benzene rings is 5. The van der Waals surface area contributed by atoms with Gasteiger partial charge in [0.2, 0.25) is 13.1 Å². The maximum Gasteiger partial charge on any atom is 0.416 e. The van der Waals surface area contributed by atoms with Crippen LogP contribution in [-0.2, 0) is 86.9 Å². The lowest BCUT2D eigenvalue weighted by Crippen LogP contribution is -2.57. The Balaban J connectivity index is 0.000000157. The van der Waals surface area contributed by atoms with Gasteiger partial charge < -0.3 is 62.8 Å². The molecule has 6 aliphatic rings. The number of aliphatic hydroxyl groups is 1. The molecule has 3 amide bonds. The molecule has 0 aliphatic carbocycles. The first kappa shape index (κ1) is 82.9. The summed E-state index contributed by atoms with van der Waals surface area (Å²) in [6.07, 6.45) is -0.282. The summed E-state index contributed by atoms with van der Waals surface area (Å²) in [4.78, 5) is 85.2. The second-order valence-electron chi connectivity index (χ2n) is 28.3. The highest BCUT2D eigenvalue weighted by Crippen LogP contribution is 2.43. The minimum atomic E-state index is -4.50. The summed E-state index contributed by atoms with van der Waals surface area (Å²) in [5, 5.41) is 12.6. The number of piperazine rings is 3. The third-order valence-corrected chi connectivity index (χ3v) is 21.9. The molecule has 1 N–H and O–H groups in total. The Kier molecular flexibility index (Phi) is 27.9. The molecular formula is C81H87ClF4N14O10S3. The van der Waals surface area contributed by atoms with Crippen molar-refractivity contribution in [1.82, 2.24) is 44.6 Å². The summed E-state index contributed by atoms with van der Waals surface area (Å²) >= 11 is 10.7. The van der Waals surface area contributed by atoms with Gasteiger partial charge in [0.25, 0.3) is 0 Å². The molecule has 3 fully saturated rings. The van der Waals surface area contributed by atoms with Crippen molar-refractivity contribution in [3.63, 3.8) is 0 Å². The van der Waals surface area contributed by atoms with Crippen LogP contribution in [-0.4, -0.2) is 189 Å². The minimum absolute atomic E-state index is 0.0284. The van der Waals surface area contributed by atoms with Gasteiger partial charge in [-0.2, -0.15) is 13.2 Å². The van der Waals surface area contributed by atoms with Crippen LogP contribution in [0.3, 0.4) is 0 Å². The van der Waals surface area contributed by atoms with Crippen molar-refractivity contribution in [3.05, 3.63) is 234 Å². The van der Waals surface area contributed by atoms with Gasteiger partial charge in [-0.15, -0.1) is 0 Å². The number of halogens is 5. The molecule has 3 aromatic heterocycles. The molecule has 6 atom stereocenters. The molecule has 24 nitrogen and oxygen atoms in total. The van der Waals surface area contributed by atoms with Gasteiger partial charge in [0.15, 0.2) is 15.5 Å². The van der Waals surface area contributed by atoms with Crippen molar-refractivity contribution in [2.75, 3.05) is 112 Å². The molecular weight excluding hydrogens is 1540 g/mol. The van der Waals surface area contributed by atoms with E-state index in [1.807, 2.05) is 109 Å². The van der Waals surface area contributed by atoms with Gasteiger partial charge in [0, 0.05) is 105 Å². The molecule has 6 aliphatic heterocycles. The van der Waals surface area contributed by atoms with Crippen LogP contribution < -0.4 is 14.7 Å². The summed E-state index contributed by atoms with van der Waals surface area (Å²) in [5.74, 6) is 1.83. The summed E-state index contributed by atoms with van der Waals surface area (Å²) in [6.45, 7) is 25.3. The Morgan fingerprint density at radius 1 is 0.531 bits per heavy atom. The van der Waals surface area contributed by atoms with E-state index in [0.717, 1.165) is 56.9 Å². The summed E-state index contributed by atoms with van der Waals surface area (Å²) in [7, 11) is 0. The number of rotatable bonds is 16. The molecule has 594 valence electrons. The number of carbonyl (C=O) groups is 3. The lowest BCUT2D eigenvalue weighted by molar-refractivity contribution is -0.139. The average molecular weight is 1620 g/mol. The number of aromatic nitrogens is 6. The van der Waals surface area contributed by atoms with Gasteiger partial charge >= 0.3 is 24.5 Å². The fourth-order valence-corrected chi connectivity index (χ4v) is 15.7. The number of anilines is 3. The van der Waals surface area contributed by atoms with Crippen LogP contribution in [0, 0.1) is 19.0 Å². The first-order valence-electron chi connectivity index (χ1n) is 36.8. The number of amides is 3. The van der Waals surface area contributed by atoms with Crippen LogP contribution >= 0.6 is 46.9 Å². The zero-order valence-corrected chi connectivity index (χ0v) is 66.5. The van der Waals surface area contributed by atoms with Gasteiger partial charge in [-0.25, -0.2) is 61.8 Å². The number of hydrogen-bond acceptors (Lipinski definition) is 22. The number of hydrogen-bond donors (Lipinski definition) is 1. The molecule has 14 rings (SSSR count). The van der Waals surface area contributed by atoms with E-state index in [-0.39, 0.29) is 88.7 Å². The van der Waals surface area contributed by atoms with E-state index >= 15 is 0 Å². The smallest absolute Gasteiger partial charge is 0.416 e. The zero-order valence-electron chi connectivity index (χ0n) is 63.3. The van der Waals surface area contributed by atoms with Gasteiger partial charge in [0.05, 0.1) is 73.4 Å². The number of fused-ring (bicyclic) bond motifs is 3. The lowest BCUT2D eigenvalue weighted by atomic mass is 9.95. The molecule has 0 bridgehead atoms. The first-order valence-corrected chi connectivity index (χ1v) is 40.9. The van der Waals surface area contributed by atoms with E-state index in [9.17, 15) is 37.1 Å². The maximum atomic E-state index is 14.4. The largest absolute Gasteiger partial charge is 0.445 e. The number of carbonyl (C=O) groups excluding carboxylic acids is 3. The van der Waals surface area contributed by atoms with Crippen molar-refractivity contribution in [2.24, 2.45) is 0 Å². The quantitative estimate of drug-likeness (QED) is 0.0311. The fourth-order valence-electron chi connectivity index (χ4n) is 14.3. The normalized spacial score (nSPS) is 19.5. The van der Waals surface area contributed by atoms with Crippen LogP contribution in [0.1, 0.15) is 106 Å². The van der Waals surface area contributed by atoms with E-state index in [0.29, 0.717) is 115 Å². The topological polar surface area (TPSA) is 232 Å². The number of nitrogens with zero attached hydrogens (tertiary/aromatic N) is 14. The van der Waals surface area contributed by atoms with Crippen LogP contribution in [0.4, 0.5) is 49.4 Å². The van der Waals surface area contributed by atoms with Gasteiger partial charge in [-0.05, 0) is 80.0 Å². The van der Waals surface area contributed by atoms with E-state index in [4.69, 9.17) is 73.1 Å². The van der Waals surface area contributed by atoms with Crippen LogP contribution in [0.2, 0.25) is 5.02 Å². The van der Waals surface area contributed by atoms with Crippen molar-refractivity contribution in [2.45, 2.75) is 137 Å². The highest BCUT2D eigenvalue weighted by atomic mass is 35.5. The third kappa shape index (κ3) is 20.5. The standard InChI is InChI=1S/C28H28ClN5O3S.C28H28FN5O3S.C25H31F3N4O4S/c2*1-30-15-20-16-33(12-13-34(20)28(35)37-17-19-8-4-3-5-9-19)26-22-18-36-25(21-10-6-7-11-23(21)29)14-24(22)31-27(32-26)38-2;1-24(2,3)36-23(34)31-9-10-32(15(12-31)13-33)21-17-14-35-20(11-19(17)29-22(30-21)37-4)16-7-5-6-8-18(16)25(26,27)28/h2*3-11,20,25H,12-18H2,2H3;5-8,15,20,33H,9-14H2,1-4H3/t2*20-,25?;15-,20?/m001/s1. The van der Waals surface area contributed by atoms with Crippen molar-refractivity contribution in [1.29, 1.82) is 0 Å². The van der Waals surface area contributed by atoms with Crippen LogP contribution in [0.15, 0.2) is 149 Å². The highest BCUT2D eigenvalue weighted by Gasteiger charge is 2.42. The van der Waals surface area contributed by atoms with E-state index in [2.05, 4.69) is 29.5 Å². The second-order valence-corrected chi connectivity index (χ2v) is 31.0. The van der Waals surface area contributed by atoms with E-state index in [1.54, 1.807) is 59.7 Å². The van der Waals surface area contributed by atoms with Crippen LogP contribution in [0.5, 0.6) is 0 Å². The van der Waals surface area contributed by atoms with E-state index in [1.165, 1.54) is 53.5 Å².